The fraction of sp³-hybridized carbons (Fsp3) is 0.571. The zero-order valence-corrected chi connectivity index (χ0v) is 13.0. The van der Waals surface area contributed by atoms with Crippen LogP contribution in [0.2, 0.25) is 0 Å². The summed E-state index contributed by atoms with van der Waals surface area (Å²) in [6, 6.07) is 0.375. The Hall–Kier alpha value is -1.80. The van der Waals surface area contributed by atoms with Crippen LogP contribution < -0.4 is 10.6 Å². The van der Waals surface area contributed by atoms with Crippen LogP contribution in [0.4, 0.5) is 0 Å². The molecule has 1 aliphatic heterocycles. The molecule has 2 aromatic rings. The lowest BCUT2D eigenvalue weighted by molar-refractivity contribution is 0.0954. The number of thiazole rings is 1. The molecule has 0 bridgehead atoms. The molecule has 22 heavy (non-hydrogen) atoms. The number of aromatic nitrogens is 4. The molecule has 1 aliphatic carbocycles. The van der Waals surface area contributed by atoms with Crippen molar-refractivity contribution >= 4 is 17.2 Å². The summed E-state index contributed by atoms with van der Waals surface area (Å²) < 4.78 is 1.89. The highest BCUT2D eigenvalue weighted by molar-refractivity contribution is 7.13. The van der Waals surface area contributed by atoms with Crippen LogP contribution in [0.3, 0.4) is 0 Å². The molecule has 1 amide bonds. The third-order valence-corrected chi connectivity index (χ3v) is 5.23. The van der Waals surface area contributed by atoms with Crippen LogP contribution in [-0.4, -0.2) is 39.0 Å². The first-order valence-electron chi connectivity index (χ1n) is 7.65. The molecule has 2 aliphatic rings. The summed E-state index contributed by atoms with van der Waals surface area (Å²) in [6.45, 7) is 2.35. The lowest BCUT2D eigenvalue weighted by Gasteiger charge is -2.06. The summed E-state index contributed by atoms with van der Waals surface area (Å²) in [5, 5.41) is 15.6. The van der Waals surface area contributed by atoms with Gasteiger partial charge in [0.25, 0.3) is 5.91 Å². The molecule has 2 fully saturated rings. The lowest BCUT2D eigenvalue weighted by Crippen LogP contribution is -2.22. The normalized spacial score (nSPS) is 21.2. The maximum Gasteiger partial charge on any atom is 0.263 e. The molecular weight excluding hydrogens is 300 g/mol. The van der Waals surface area contributed by atoms with Gasteiger partial charge in [0, 0.05) is 12.5 Å². The first-order chi connectivity index (χ1) is 10.8. The summed E-state index contributed by atoms with van der Waals surface area (Å²) in [4.78, 5) is 17.1. The first-order valence-corrected chi connectivity index (χ1v) is 8.46. The van der Waals surface area contributed by atoms with E-state index in [2.05, 4.69) is 25.9 Å². The Labute approximate surface area is 132 Å². The van der Waals surface area contributed by atoms with Gasteiger partial charge >= 0.3 is 0 Å². The van der Waals surface area contributed by atoms with E-state index in [1.807, 2.05) is 10.9 Å². The van der Waals surface area contributed by atoms with Gasteiger partial charge in [-0.1, -0.05) is 5.21 Å². The van der Waals surface area contributed by atoms with Crippen molar-refractivity contribution in [2.75, 3.05) is 13.1 Å². The Balaban J connectivity index is 1.34. The minimum absolute atomic E-state index is 0.0820. The van der Waals surface area contributed by atoms with Crippen LogP contribution in [0.25, 0.3) is 0 Å². The van der Waals surface area contributed by atoms with Crippen molar-refractivity contribution in [3.05, 3.63) is 28.0 Å². The molecule has 4 rings (SSSR count). The Bertz CT molecular complexity index is 670. The Morgan fingerprint density at radius 1 is 1.45 bits per heavy atom. The molecule has 2 N–H and O–H groups in total. The minimum atomic E-state index is -0.0820. The summed E-state index contributed by atoms with van der Waals surface area (Å²) in [7, 11) is 0. The van der Waals surface area contributed by atoms with Crippen LogP contribution >= 0.6 is 11.3 Å². The van der Waals surface area contributed by atoms with Gasteiger partial charge in [0.15, 0.2) is 0 Å². The van der Waals surface area contributed by atoms with Crippen molar-refractivity contribution in [2.45, 2.75) is 37.8 Å². The fourth-order valence-corrected chi connectivity index (χ4v) is 3.61. The number of rotatable bonds is 5. The molecule has 2 aromatic heterocycles. The van der Waals surface area contributed by atoms with Crippen molar-refractivity contribution in [2.24, 2.45) is 0 Å². The highest BCUT2D eigenvalue weighted by atomic mass is 32.1. The zero-order valence-electron chi connectivity index (χ0n) is 12.2. The molecule has 3 heterocycles. The van der Waals surface area contributed by atoms with Crippen molar-refractivity contribution in [1.82, 2.24) is 30.6 Å². The second-order valence-corrected chi connectivity index (χ2v) is 6.92. The van der Waals surface area contributed by atoms with Crippen molar-refractivity contribution in [3.63, 3.8) is 0 Å². The number of amides is 1. The second kappa shape index (κ2) is 5.77. The van der Waals surface area contributed by atoms with Crippen LogP contribution in [0.5, 0.6) is 0 Å². The van der Waals surface area contributed by atoms with E-state index < -0.39 is 0 Å². The largest absolute Gasteiger partial charge is 0.346 e. The average Bonchev–Trinajstić information content (AvgIpc) is 3.02. The Morgan fingerprint density at radius 2 is 2.36 bits per heavy atom. The first kappa shape index (κ1) is 13.8. The topological polar surface area (TPSA) is 84.7 Å². The van der Waals surface area contributed by atoms with Crippen LogP contribution in [-0.2, 0) is 6.54 Å². The van der Waals surface area contributed by atoms with Gasteiger partial charge in [0.2, 0.25) is 0 Å². The zero-order chi connectivity index (χ0) is 14.9. The maximum atomic E-state index is 12.1. The molecule has 1 saturated heterocycles. The summed E-state index contributed by atoms with van der Waals surface area (Å²) in [6.07, 6.45) is 7.07. The second-order valence-electron chi connectivity index (χ2n) is 5.86. The van der Waals surface area contributed by atoms with Crippen LogP contribution in [0, 0.1) is 0 Å². The van der Waals surface area contributed by atoms with E-state index in [-0.39, 0.29) is 5.91 Å². The van der Waals surface area contributed by atoms with Gasteiger partial charge in [-0.3, -0.25) is 4.79 Å². The molecule has 1 saturated carbocycles. The molecule has 116 valence electrons. The summed E-state index contributed by atoms with van der Waals surface area (Å²) >= 11 is 1.50. The molecule has 8 heteroatoms. The third-order valence-electron chi connectivity index (χ3n) is 4.07. The average molecular weight is 318 g/mol. The van der Waals surface area contributed by atoms with Crippen LogP contribution in [0.15, 0.2) is 12.4 Å². The SMILES string of the molecule is O=C(NCc1cn(C2CCNC2)nn1)c1cnc(C2CC2)s1. The monoisotopic (exact) mass is 318 g/mol. The van der Waals surface area contributed by atoms with E-state index >= 15 is 0 Å². The standard InChI is InChI=1S/C14H18N6OS/c21-13(12-7-17-14(22-12)9-1-2-9)16-5-10-8-20(19-18-10)11-3-4-15-6-11/h7-9,11,15H,1-6H2,(H,16,21). The van der Waals surface area contributed by atoms with Crippen molar-refractivity contribution < 1.29 is 4.79 Å². The van der Waals surface area contributed by atoms with E-state index in [1.54, 1.807) is 6.20 Å². The molecule has 0 radical (unpaired) electrons. The quantitative estimate of drug-likeness (QED) is 0.861. The molecule has 1 unspecified atom stereocenters. The highest BCUT2D eigenvalue weighted by Gasteiger charge is 2.27. The molecular formula is C14H18N6OS. The predicted molar refractivity (Wildman–Crippen MR) is 81.8 cm³/mol. The van der Waals surface area contributed by atoms with Gasteiger partial charge in [-0.05, 0) is 25.8 Å². The van der Waals surface area contributed by atoms with Crippen molar-refractivity contribution in [3.8, 4) is 0 Å². The van der Waals surface area contributed by atoms with Gasteiger partial charge < -0.3 is 10.6 Å². The van der Waals surface area contributed by atoms with E-state index in [4.69, 9.17) is 0 Å². The van der Waals surface area contributed by atoms with E-state index in [9.17, 15) is 4.79 Å². The van der Waals surface area contributed by atoms with Gasteiger partial charge in [-0.15, -0.1) is 16.4 Å². The number of carbonyl (C=O) groups excluding carboxylic acids is 1. The summed E-state index contributed by atoms with van der Waals surface area (Å²) in [5.74, 6) is 0.507. The van der Waals surface area contributed by atoms with E-state index in [0.29, 0.717) is 23.4 Å². The van der Waals surface area contributed by atoms with Gasteiger partial charge in [0.1, 0.15) is 10.6 Å². The Kier molecular flexibility index (Phi) is 3.63. The van der Waals surface area contributed by atoms with Gasteiger partial charge in [0.05, 0.1) is 30.0 Å². The maximum absolute atomic E-state index is 12.1. The third kappa shape index (κ3) is 2.89. The number of hydrogen-bond donors (Lipinski definition) is 2. The predicted octanol–water partition coefficient (Wildman–Crippen LogP) is 1.08. The van der Waals surface area contributed by atoms with Crippen LogP contribution in [0.1, 0.15) is 51.6 Å². The number of carbonyl (C=O) groups is 1. The van der Waals surface area contributed by atoms with E-state index in [0.717, 1.165) is 30.2 Å². The minimum Gasteiger partial charge on any atom is -0.346 e. The molecule has 7 nitrogen and oxygen atoms in total. The Morgan fingerprint density at radius 3 is 3.14 bits per heavy atom. The smallest absolute Gasteiger partial charge is 0.263 e. The lowest BCUT2D eigenvalue weighted by atomic mass is 10.3. The molecule has 1 atom stereocenters. The highest BCUT2D eigenvalue weighted by Crippen LogP contribution is 2.41. The van der Waals surface area contributed by atoms with Gasteiger partial charge in [-0.2, -0.15) is 0 Å². The molecule has 0 aromatic carbocycles. The van der Waals surface area contributed by atoms with Gasteiger partial charge in [-0.25, -0.2) is 9.67 Å². The van der Waals surface area contributed by atoms with Crippen molar-refractivity contribution in [1.29, 1.82) is 0 Å². The number of hydrogen-bond acceptors (Lipinski definition) is 6. The fourth-order valence-electron chi connectivity index (χ4n) is 2.61. The molecule has 0 spiro atoms. The number of nitrogens with zero attached hydrogens (tertiary/aromatic N) is 4. The summed E-state index contributed by atoms with van der Waals surface area (Å²) in [5.41, 5.74) is 0.784. The van der Waals surface area contributed by atoms with E-state index in [1.165, 1.54) is 24.2 Å². The number of nitrogens with one attached hydrogen (secondary N) is 2.